The number of esters is 1. The summed E-state index contributed by atoms with van der Waals surface area (Å²) in [6.07, 6.45) is 0. The van der Waals surface area contributed by atoms with E-state index < -0.39 is 6.04 Å². The van der Waals surface area contributed by atoms with Crippen LogP contribution in [0.4, 0.5) is 0 Å². The van der Waals surface area contributed by atoms with Gasteiger partial charge in [0.15, 0.2) is 0 Å². The Kier molecular flexibility index (Phi) is 4.76. The molecule has 0 aliphatic heterocycles. The van der Waals surface area contributed by atoms with Crippen LogP contribution in [0.5, 0.6) is 5.75 Å². The highest BCUT2D eigenvalue weighted by atomic mass is 79.9. The topological polar surface area (TPSA) is 58.6 Å². The molecule has 0 spiro atoms. The van der Waals surface area contributed by atoms with Crippen LogP contribution in [-0.2, 0) is 16.1 Å². The molecule has 4 nitrogen and oxygen atoms in total. The minimum atomic E-state index is -0.400. The molecular formula is C11H14BrNO3. The van der Waals surface area contributed by atoms with Crippen molar-refractivity contribution in [1.29, 1.82) is 0 Å². The average Bonchev–Trinajstić information content (AvgIpc) is 2.28. The Morgan fingerprint density at radius 2 is 2.31 bits per heavy atom. The van der Waals surface area contributed by atoms with Gasteiger partial charge in [0, 0.05) is 16.6 Å². The van der Waals surface area contributed by atoms with Gasteiger partial charge in [0.1, 0.15) is 11.8 Å². The molecule has 0 aliphatic carbocycles. The van der Waals surface area contributed by atoms with Crippen LogP contribution in [0.2, 0.25) is 0 Å². The summed E-state index contributed by atoms with van der Waals surface area (Å²) in [5.74, 6) is -0.123. The first-order valence-electron chi connectivity index (χ1n) is 4.83. The van der Waals surface area contributed by atoms with Gasteiger partial charge in [-0.05, 0) is 25.1 Å². The van der Waals surface area contributed by atoms with E-state index in [1.807, 2.05) is 0 Å². The van der Waals surface area contributed by atoms with Gasteiger partial charge in [-0.3, -0.25) is 4.79 Å². The predicted molar refractivity (Wildman–Crippen MR) is 64.1 cm³/mol. The average molecular weight is 288 g/mol. The van der Waals surface area contributed by atoms with Crippen LogP contribution in [0.1, 0.15) is 12.5 Å². The lowest BCUT2D eigenvalue weighted by Gasteiger charge is -2.12. The first kappa shape index (κ1) is 13.0. The van der Waals surface area contributed by atoms with Gasteiger partial charge in [-0.15, -0.1) is 0 Å². The molecular weight excluding hydrogens is 274 g/mol. The molecule has 0 amide bonds. The van der Waals surface area contributed by atoms with Crippen molar-refractivity contribution in [2.75, 3.05) is 7.11 Å². The zero-order chi connectivity index (χ0) is 12.1. The molecule has 0 heterocycles. The van der Waals surface area contributed by atoms with Gasteiger partial charge >= 0.3 is 5.97 Å². The molecule has 1 rings (SSSR count). The lowest BCUT2D eigenvalue weighted by atomic mass is 10.2. The van der Waals surface area contributed by atoms with Crippen molar-refractivity contribution in [1.82, 2.24) is 5.32 Å². The number of carbonyl (C=O) groups is 1. The summed E-state index contributed by atoms with van der Waals surface area (Å²) < 4.78 is 5.46. The van der Waals surface area contributed by atoms with Crippen molar-refractivity contribution in [3.05, 3.63) is 28.2 Å². The second-order valence-electron chi connectivity index (χ2n) is 3.40. The monoisotopic (exact) mass is 287 g/mol. The number of hydrogen-bond donors (Lipinski definition) is 2. The molecule has 5 heteroatoms. The third-order valence-corrected chi connectivity index (χ3v) is 2.69. The Labute approximate surface area is 103 Å². The fourth-order valence-electron chi connectivity index (χ4n) is 1.22. The number of nitrogens with one attached hydrogen (secondary N) is 1. The van der Waals surface area contributed by atoms with Gasteiger partial charge < -0.3 is 15.2 Å². The summed E-state index contributed by atoms with van der Waals surface area (Å²) in [5.41, 5.74) is 0.727. The van der Waals surface area contributed by atoms with Gasteiger partial charge in [-0.1, -0.05) is 15.9 Å². The Hall–Kier alpha value is -1.07. The normalized spacial score (nSPS) is 12.2. The first-order valence-corrected chi connectivity index (χ1v) is 5.62. The molecule has 0 saturated heterocycles. The molecule has 0 radical (unpaired) electrons. The Morgan fingerprint density at radius 1 is 1.62 bits per heavy atom. The number of hydrogen-bond acceptors (Lipinski definition) is 4. The van der Waals surface area contributed by atoms with E-state index in [2.05, 4.69) is 26.0 Å². The Bertz CT molecular complexity index is 381. The fraction of sp³-hybridized carbons (Fsp3) is 0.364. The number of rotatable bonds is 4. The molecule has 2 N–H and O–H groups in total. The van der Waals surface area contributed by atoms with Gasteiger partial charge in [-0.25, -0.2) is 0 Å². The molecule has 0 aliphatic rings. The molecule has 1 aromatic rings. The van der Waals surface area contributed by atoms with Gasteiger partial charge in [0.25, 0.3) is 0 Å². The SMILES string of the molecule is COC(=O)[C@H](C)NCc1cc(Br)ccc1O. The lowest BCUT2D eigenvalue weighted by molar-refractivity contribution is -0.142. The zero-order valence-corrected chi connectivity index (χ0v) is 10.7. The molecule has 88 valence electrons. The molecule has 0 unspecified atom stereocenters. The molecule has 16 heavy (non-hydrogen) atoms. The highest BCUT2D eigenvalue weighted by molar-refractivity contribution is 9.10. The zero-order valence-electron chi connectivity index (χ0n) is 9.16. The number of benzene rings is 1. The predicted octanol–water partition coefficient (Wildman–Crippen LogP) is 1.81. The molecule has 0 saturated carbocycles. The van der Waals surface area contributed by atoms with E-state index >= 15 is 0 Å². The van der Waals surface area contributed by atoms with Crippen molar-refractivity contribution in [2.45, 2.75) is 19.5 Å². The largest absolute Gasteiger partial charge is 0.508 e. The molecule has 0 bridgehead atoms. The summed E-state index contributed by atoms with van der Waals surface area (Å²) in [6.45, 7) is 2.11. The standard InChI is InChI=1S/C11H14BrNO3/c1-7(11(15)16-2)13-6-8-5-9(12)3-4-10(8)14/h3-5,7,13-14H,6H2,1-2H3/t7-/m0/s1. The number of phenolic OH excluding ortho intramolecular Hbond substituents is 1. The molecule has 0 fully saturated rings. The van der Waals surface area contributed by atoms with Gasteiger partial charge in [0.2, 0.25) is 0 Å². The minimum absolute atomic E-state index is 0.202. The number of carbonyl (C=O) groups excluding carboxylic acids is 1. The summed E-state index contributed by atoms with van der Waals surface area (Å²) in [5, 5.41) is 12.5. The summed E-state index contributed by atoms with van der Waals surface area (Å²) in [4.78, 5) is 11.1. The highest BCUT2D eigenvalue weighted by Gasteiger charge is 2.12. The van der Waals surface area contributed by atoms with E-state index in [-0.39, 0.29) is 11.7 Å². The summed E-state index contributed by atoms with van der Waals surface area (Å²) in [7, 11) is 1.34. The quantitative estimate of drug-likeness (QED) is 0.830. The molecule has 1 atom stereocenters. The van der Waals surface area contributed by atoms with Crippen molar-refractivity contribution in [3.63, 3.8) is 0 Å². The maximum Gasteiger partial charge on any atom is 0.322 e. The van der Waals surface area contributed by atoms with Crippen LogP contribution in [0.15, 0.2) is 22.7 Å². The van der Waals surface area contributed by atoms with Crippen molar-refractivity contribution in [3.8, 4) is 5.75 Å². The number of methoxy groups -OCH3 is 1. The van der Waals surface area contributed by atoms with Crippen LogP contribution in [0, 0.1) is 0 Å². The van der Waals surface area contributed by atoms with E-state index in [1.165, 1.54) is 7.11 Å². The number of phenols is 1. The van der Waals surface area contributed by atoms with E-state index in [4.69, 9.17) is 0 Å². The maximum absolute atomic E-state index is 11.1. The van der Waals surface area contributed by atoms with Crippen LogP contribution in [-0.4, -0.2) is 24.2 Å². The lowest BCUT2D eigenvalue weighted by Crippen LogP contribution is -2.34. The van der Waals surface area contributed by atoms with E-state index in [9.17, 15) is 9.90 Å². The summed E-state index contributed by atoms with van der Waals surface area (Å²) >= 11 is 3.32. The smallest absolute Gasteiger partial charge is 0.322 e. The molecule has 0 aromatic heterocycles. The fourth-order valence-corrected chi connectivity index (χ4v) is 1.63. The van der Waals surface area contributed by atoms with Crippen LogP contribution in [0.3, 0.4) is 0 Å². The van der Waals surface area contributed by atoms with E-state index in [0.717, 1.165) is 10.0 Å². The maximum atomic E-state index is 11.1. The van der Waals surface area contributed by atoms with Gasteiger partial charge in [0.05, 0.1) is 7.11 Å². The van der Waals surface area contributed by atoms with Crippen LogP contribution >= 0.6 is 15.9 Å². The van der Waals surface area contributed by atoms with Crippen molar-refractivity contribution < 1.29 is 14.6 Å². The minimum Gasteiger partial charge on any atom is -0.508 e. The van der Waals surface area contributed by atoms with Crippen LogP contribution in [0.25, 0.3) is 0 Å². The number of aromatic hydroxyl groups is 1. The van der Waals surface area contributed by atoms with Crippen molar-refractivity contribution >= 4 is 21.9 Å². The third-order valence-electron chi connectivity index (χ3n) is 2.19. The first-order chi connectivity index (χ1) is 7.54. The Balaban J connectivity index is 2.60. The number of ether oxygens (including phenoxy) is 1. The van der Waals surface area contributed by atoms with E-state index in [1.54, 1.807) is 25.1 Å². The summed E-state index contributed by atoms with van der Waals surface area (Å²) in [6, 6.07) is 4.75. The van der Waals surface area contributed by atoms with Crippen molar-refractivity contribution in [2.24, 2.45) is 0 Å². The second kappa shape index (κ2) is 5.86. The molecule has 1 aromatic carbocycles. The van der Waals surface area contributed by atoms with Gasteiger partial charge in [-0.2, -0.15) is 0 Å². The third kappa shape index (κ3) is 3.50. The highest BCUT2D eigenvalue weighted by Crippen LogP contribution is 2.21. The van der Waals surface area contributed by atoms with Crippen LogP contribution < -0.4 is 5.32 Å². The number of halogens is 1. The second-order valence-corrected chi connectivity index (χ2v) is 4.31. The Morgan fingerprint density at radius 3 is 2.94 bits per heavy atom. The van der Waals surface area contributed by atoms with E-state index in [0.29, 0.717) is 6.54 Å².